The predicted molar refractivity (Wildman–Crippen MR) is 170 cm³/mol. The molecular weight excluding hydrogens is 651 g/mol. The van der Waals surface area contributed by atoms with Crippen molar-refractivity contribution < 1.29 is 40.3 Å². The van der Waals surface area contributed by atoms with E-state index in [4.69, 9.17) is 18.7 Å². The van der Waals surface area contributed by atoms with Crippen molar-refractivity contribution in [3.8, 4) is 22.9 Å². The number of hydrogen-bond acceptors (Lipinski definition) is 11. The van der Waals surface area contributed by atoms with Gasteiger partial charge in [0.05, 0.1) is 44.4 Å². The monoisotopic (exact) mass is 693 g/mol. The van der Waals surface area contributed by atoms with E-state index in [2.05, 4.69) is 38.7 Å². The Kier molecular flexibility index (Phi) is 10.4. The van der Waals surface area contributed by atoms with Gasteiger partial charge in [-0.3, -0.25) is 14.7 Å². The average Bonchev–Trinajstić information content (AvgIpc) is 3.63. The van der Waals surface area contributed by atoms with Gasteiger partial charge >= 0.3 is 6.18 Å². The molecule has 2 aromatic carbocycles. The van der Waals surface area contributed by atoms with Gasteiger partial charge in [0.25, 0.3) is 0 Å². The van der Waals surface area contributed by atoms with E-state index in [1.165, 1.54) is 30.3 Å². The minimum Gasteiger partial charge on any atom is -0.455 e. The van der Waals surface area contributed by atoms with Crippen LogP contribution in [0.25, 0.3) is 11.4 Å². The number of ether oxygens (including phenoxy) is 3. The van der Waals surface area contributed by atoms with Crippen LogP contribution in [0.15, 0.2) is 51.9 Å². The lowest BCUT2D eigenvalue weighted by atomic mass is 10.1. The van der Waals surface area contributed by atoms with Crippen LogP contribution >= 0.6 is 0 Å². The first-order chi connectivity index (χ1) is 22.9. The first-order valence-corrected chi connectivity index (χ1v) is 17.9. The molecule has 3 aromatic rings. The van der Waals surface area contributed by atoms with Crippen LogP contribution in [0, 0.1) is 5.92 Å². The van der Waals surface area contributed by atoms with Gasteiger partial charge in [-0.05, 0) is 62.9 Å². The van der Waals surface area contributed by atoms with Crippen molar-refractivity contribution in [1.82, 2.24) is 24.8 Å². The van der Waals surface area contributed by atoms with Gasteiger partial charge in [-0.15, -0.1) is 0 Å². The van der Waals surface area contributed by atoms with E-state index >= 15 is 0 Å². The number of rotatable bonds is 11. The zero-order chi connectivity index (χ0) is 33.9. The molecule has 3 aliphatic heterocycles. The van der Waals surface area contributed by atoms with Crippen LogP contribution < -0.4 is 4.74 Å². The van der Waals surface area contributed by atoms with Gasteiger partial charge in [-0.1, -0.05) is 17.3 Å². The maximum atomic E-state index is 14.4. The summed E-state index contributed by atoms with van der Waals surface area (Å²) < 4.78 is 91.7. The Hall–Kier alpha value is -3.08. The van der Waals surface area contributed by atoms with Crippen molar-refractivity contribution in [3.63, 3.8) is 0 Å². The Balaban J connectivity index is 1.15. The summed E-state index contributed by atoms with van der Waals surface area (Å²) in [6, 6.07) is 9.20. The highest BCUT2D eigenvalue weighted by atomic mass is 32.2. The lowest BCUT2D eigenvalue weighted by molar-refractivity contribution is -0.138. The van der Waals surface area contributed by atoms with E-state index in [1.54, 1.807) is 0 Å². The van der Waals surface area contributed by atoms with Crippen LogP contribution in [0.3, 0.4) is 0 Å². The molecule has 0 N–H and O–H groups in total. The second kappa shape index (κ2) is 14.4. The topological polar surface area (TPSA) is 110 Å². The largest absolute Gasteiger partial charge is 0.455 e. The van der Waals surface area contributed by atoms with Gasteiger partial charge in [0.15, 0.2) is 9.84 Å². The third-order valence-electron chi connectivity index (χ3n) is 9.11. The average molecular weight is 694 g/mol. The Labute approximate surface area is 278 Å². The number of nitrogens with zero attached hydrogens (tertiary/aromatic N) is 5. The molecule has 0 radical (unpaired) electrons. The lowest BCUT2D eigenvalue weighted by Crippen LogP contribution is -2.46. The maximum absolute atomic E-state index is 14.4. The first kappa shape index (κ1) is 34.8. The minimum atomic E-state index is -4.81. The van der Waals surface area contributed by atoms with Crippen molar-refractivity contribution >= 4 is 9.84 Å². The van der Waals surface area contributed by atoms with Crippen molar-refractivity contribution in [2.75, 3.05) is 71.6 Å². The van der Waals surface area contributed by atoms with Gasteiger partial charge < -0.3 is 18.7 Å². The normalized spacial score (nSPS) is 21.5. The van der Waals surface area contributed by atoms with Crippen molar-refractivity contribution in [2.45, 2.75) is 49.8 Å². The smallest absolute Gasteiger partial charge is 0.420 e. The van der Waals surface area contributed by atoms with E-state index in [9.17, 15) is 21.6 Å². The van der Waals surface area contributed by atoms with Crippen LogP contribution in [0.2, 0.25) is 0 Å². The quantitative estimate of drug-likeness (QED) is 0.273. The van der Waals surface area contributed by atoms with E-state index in [0.29, 0.717) is 38.7 Å². The number of alkyl halides is 3. The van der Waals surface area contributed by atoms with Crippen LogP contribution in [-0.4, -0.2) is 110 Å². The Morgan fingerprint density at radius 3 is 2.54 bits per heavy atom. The molecule has 6 rings (SSSR count). The zero-order valence-electron chi connectivity index (χ0n) is 27.2. The maximum Gasteiger partial charge on any atom is 0.420 e. The number of halogens is 3. The molecule has 48 heavy (non-hydrogen) atoms. The van der Waals surface area contributed by atoms with Crippen LogP contribution in [0.1, 0.15) is 38.1 Å². The van der Waals surface area contributed by atoms with Gasteiger partial charge in [-0.25, -0.2) is 8.42 Å². The van der Waals surface area contributed by atoms with Crippen LogP contribution in [0.5, 0.6) is 11.5 Å². The van der Waals surface area contributed by atoms with Crippen LogP contribution in [-0.2, 0) is 32.0 Å². The van der Waals surface area contributed by atoms with E-state index in [0.717, 1.165) is 64.5 Å². The highest BCUT2D eigenvalue weighted by molar-refractivity contribution is 7.91. The van der Waals surface area contributed by atoms with E-state index in [1.807, 2.05) is 0 Å². The summed E-state index contributed by atoms with van der Waals surface area (Å²) in [7, 11) is -3.87. The zero-order valence-corrected chi connectivity index (χ0v) is 28.1. The molecule has 11 nitrogen and oxygen atoms in total. The fourth-order valence-electron chi connectivity index (χ4n) is 6.55. The molecule has 3 saturated heterocycles. The molecule has 1 atom stereocenters. The number of para-hydroxylation sites is 1. The summed E-state index contributed by atoms with van der Waals surface area (Å²) in [4.78, 5) is 11.2. The molecule has 1 unspecified atom stereocenters. The lowest BCUT2D eigenvalue weighted by Gasteiger charge is -2.33. The molecule has 4 heterocycles. The fourth-order valence-corrected chi connectivity index (χ4v) is 8.32. The van der Waals surface area contributed by atoms with Gasteiger partial charge in [0.1, 0.15) is 16.4 Å². The fraction of sp³-hybridized carbons (Fsp3) is 0.576. The molecule has 0 amide bonds. The summed E-state index contributed by atoms with van der Waals surface area (Å²) in [5.41, 5.74) is -1.07. The van der Waals surface area contributed by atoms with Gasteiger partial charge in [0, 0.05) is 50.4 Å². The molecular formula is C33H42F3N5O6S. The minimum absolute atomic E-state index is 0.0161. The Morgan fingerprint density at radius 1 is 1.00 bits per heavy atom. The summed E-state index contributed by atoms with van der Waals surface area (Å²) in [5.74, 6) is -0.774. The van der Waals surface area contributed by atoms with Crippen molar-refractivity contribution in [3.05, 3.63) is 53.9 Å². The predicted octanol–water partition coefficient (Wildman–Crippen LogP) is 4.93. The second-order valence-electron chi connectivity index (χ2n) is 13.3. The summed E-state index contributed by atoms with van der Waals surface area (Å²) >= 11 is 0. The third kappa shape index (κ3) is 8.37. The van der Waals surface area contributed by atoms with Crippen LogP contribution in [0.4, 0.5) is 13.2 Å². The molecule has 15 heteroatoms. The van der Waals surface area contributed by atoms with E-state index in [-0.39, 0.29) is 39.2 Å². The third-order valence-corrected chi connectivity index (χ3v) is 11.0. The SMILES string of the molecule is CC1(C)CN(Cc2nc(-c3ccc(Oc4ccccc4S(=O)(=O)CC4CCCOC4)c(C(F)(F)F)c3)no2)CN1CCN1CCOCC1. The standard InChI is InChI=1S/C33H42F3N5O6S/c1-32(2)22-40(23-41(32)12-11-39-13-16-44-17-14-39)19-30-37-31(38-47-30)25-9-10-27(26(18-25)33(34,35)36)46-28-7-3-4-8-29(28)48(42,43)21-24-6-5-15-45-20-24/h3-4,7-10,18,24H,5-6,11-17,19-23H2,1-2H3. The number of hydrogen-bond donors (Lipinski definition) is 0. The molecule has 0 aliphatic carbocycles. The van der Waals surface area contributed by atoms with Gasteiger partial charge in [0.2, 0.25) is 11.7 Å². The molecule has 3 aliphatic rings. The van der Waals surface area contributed by atoms with Crippen molar-refractivity contribution in [1.29, 1.82) is 0 Å². The highest BCUT2D eigenvalue weighted by Gasteiger charge is 2.38. The molecule has 0 bridgehead atoms. The second-order valence-corrected chi connectivity index (χ2v) is 15.3. The Morgan fingerprint density at radius 2 is 1.79 bits per heavy atom. The summed E-state index contributed by atoms with van der Waals surface area (Å²) in [6.07, 6.45) is -3.35. The number of morpholine rings is 1. The van der Waals surface area contributed by atoms with E-state index < -0.39 is 27.3 Å². The highest BCUT2D eigenvalue weighted by Crippen LogP contribution is 2.41. The molecule has 0 spiro atoms. The first-order valence-electron chi connectivity index (χ1n) is 16.3. The number of sulfone groups is 1. The van der Waals surface area contributed by atoms with Gasteiger partial charge in [-0.2, -0.15) is 18.2 Å². The molecule has 0 saturated carbocycles. The Bertz CT molecular complexity index is 1660. The molecule has 3 fully saturated rings. The number of aromatic nitrogens is 2. The summed E-state index contributed by atoms with van der Waals surface area (Å²) in [5, 5.41) is 3.98. The summed E-state index contributed by atoms with van der Waals surface area (Å²) in [6.45, 7) is 12.3. The van der Waals surface area contributed by atoms with Crippen molar-refractivity contribution in [2.24, 2.45) is 5.92 Å². The molecule has 262 valence electrons. The number of benzene rings is 2. The molecule has 1 aromatic heterocycles.